The standard InChI is InChI=1S/C24H24N4OS/c1-16-6-5-9-19(27-16)14-28-15-26-23-22(24(28)29)20-11-10-18(12-21(20)30-23)25-13-17-7-3-2-4-8-17/h2-9,15,18,25H,10-14H2,1H3/t18-/m1/s1. The average Bonchev–Trinajstić information content (AvgIpc) is 3.13. The summed E-state index contributed by atoms with van der Waals surface area (Å²) in [5.41, 5.74) is 4.39. The molecule has 0 amide bonds. The molecule has 30 heavy (non-hydrogen) atoms. The molecule has 4 aromatic rings. The number of aromatic nitrogens is 3. The molecule has 0 aliphatic heterocycles. The molecule has 0 saturated carbocycles. The molecule has 6 heteroatoms. The van der Waals surface area contributed by atoms with Gasteiger partial charge in [-0.3, -0.25) is 14.3 Å². The third-order valence-corrected chi connectivity index (χ3v) is 6.91. The molecule has 5 rings (SSSR count). The first kappa shape index (κ1) is 19.2. The molecule has 0 fully saturated rings. The highest BCUT2D eigenvalue weighted by Crippen LogP contribution is 2.33. The Labute approximate surface area is 179 Å². The molecular formula is C24H24N4OS. The maximum Gasteiger partial charge on any atom is 0.262 e. The molecule has 1 atom stereocenters. The Morgan fingerprint density at radius 3 is 2.87 bits per heavy atom. The Bertz CT molecular complexity index is 1250. The van der Waals surface area contributed by atoms with Crippen LogP contribution < -0.4 is 10.9 Å². The first-order chi connectivity index (χ1) is 14.7. The fourth-order valence-electron chi connectivity index (χ4n) is 4.21. The lowest BCUT2D eigenvalue weighted by molar-refractivity contribution is 0.462. The fraction of sp³-hybridized carbons (Fsp3) is 0.292. The first-order valence-corrected chi connectivity index (χ1v) is 11.2. The van der Waals surface area contributed by atoms with Crippen molar-refractivity contribution in [2.75, 3.05) is 0 Å². The predicted molar refractivity (Wildman–Crippen MR) is 121 cm³/mol. The topological polar surface area (TPSA) is 59.8 Å². The molecule has 1 aliphatic rings. The fourth-order valence-corrected chi connectivity index (χ4v) is 5.47. The van der Waals surface area contributed by atoms with Crippen molar-refractivity contribution in [3.63, 3.8) is 0 Å². The van der Waals surface area contributed by atoms with E-state index in [2.05, 4.69) is 39.6 Å². The summed E-state index contributed by atoms with van der Waals surface area (Å²) in [6.07, 6.45) is 4.59. The molecule has 0 saturated heterocycles. The maximum absolute atomic E-state index is 13.2. The van der Waals surface area contributed by atoms with E-state index in [1.165, 1.54) is 16.0 Å². The second-order valence-electron chi connectivity index (χ2n) is 7.94. The summed E-state index contributed by atoms with van der Waals surface area (Å²) in [6, 6.07) is 16.8. The highest BCUT2D eigenvalue weighted by atomic mass is 32.1. The van der Waals surface area contributed by atoms with Crippen molar-refractivity contribution in [2.24, 2.45) is 0 Å². The Morgan fingerprint density at radius 1 is 1.17 bits per heavy atom. The van der Waals surface area contributed by atoms with Crippen LogP contribution in [0.3, 0.4) is 0 Å². The van der Waals surface area contributed by atoms with Crippen LogP contribution in [0.25, 0.3) is 10.2 Å². The minimum atomic E-state index is 0.0523. The van der Waals surface area contributed by atoms with Gasteiger partial charge in [-0.2, -0.15) is 0 Å². The summed E-state index contributed by atoms with van der Waals surface area (Å²) in [7, 11) is 0. The van der Waals surface area contributed by atoms with E-state index >= 15 is 0 Å². The summed E-state index contributed by atoms with van der Waals surface area (Å²) >= 11 is 1.68. The van der Waals surface area contributed by atoms with Gasteiger partial charge in [-0.25, -0.2) is 4.98 Å². The molecule has 3 aromatic heterocycles. The van der Waals surface area contributed by atoms with Crippen LogP contribution in [-0.2, 0) is 25.9 Å². The van der Waals surface area contributed by atoms with Crippen molar-refractivity contribution in [3.8, 4) is 0 Å². The number of pyridine rings is 1. The number of rotatable bonds is 5. The summed E-state index contributed by atoms with van der Waals surface area (Å²) in [6.45, 7) is 3.29. The van der Waals surface area contributed by atoms with Gasteiger partial charge in [0.2, 0.25) is 0 Å². The normalized spacial score (nSPS) is 16.0. The summed E-state index contributed by atoms with van der Waals surface area (Å²) in [5.74, 6) is 0. The lowest BCUT2D eigenvalue weighted by Gasteiger charge is -2.23. The van der Waals surface area contributed by atoms with Crippen LogP contribution in [0.1, 0.15) is 33.8 Å². The number of benzene rings is 1. The summed E-state index contributed by atoms with van der Waals surface area (Å²) < 4.78 is 1.69. The van der Waals surface area contributed by atoms with E-state index in [-0.39, 0.29) is 5.56 Å². The van der Waals surface area contributed by atoms with E-state index in [4.69, 9.17) is 0 Å². The number of hydrogen-bond donors (Lipinski definition) is 1. The number of nitrogens with zero attached hydrogens (tertiary/aromatic N) is 3. The van der Waals surface area contributed by atoms with Crippen molar-refractivity contribution in [3.05, 3.63) is 92.6 Å². The quantitative estimate of drug-likeness (QED) is 0.537. The van der Waals surface area contributed by atoms with Crippen LogP contribution in [0.5, 0.6) is 0 Å². The van der Waals surface area contributed by atoms with Crippen LogP contribution in [-0.4, -0.2) is 20.6 Å². The number of fused-ring (bicyclic) bond motifs is 3. The molecule has 1 aromatic carbocycles. The van der Waals surface area contributed by atoms with Crippen LogP contribution in [0.15, 0.2) is 59.7 Å². The smallest absolute Gasteiger partial charge is 0.262 e. The molecule has 0 bridgehead atoms. The molecule has 5 nitrogen and oxygen atoms in total. The lowest BCUT2D eigenvalue weighted by atomic mass is 9.93. The minimum absolute atomic E-state index is 0.0523. The Hall–Kier alpha value is -2.83. The number of aryl methyl sites for hydroxylation is 2. The summed E-state index contributed by atoms with van der Waals surface area (Å²) in [4.78, 5) is 24.5. The molecule has 0 radical (unpaired) electrons. The van der Waals surface area contributed by atoms with Gasteiger partial charge >= 0.3 is 0 Å². The van der Waals surface area contributed by atoms with Gasteiger partial charge < -0.3 is 5.32 Å². The molecule has 152 valence electrons. The monoisotopic (exact) mass is 416 g/mol. The van der Waals surface area contributed by atoms with E-state index in [1.54, 1.807) is 22.2 Å². The van der Waals surface area contributed by atoms with E-state index < -0.39 is 0 Å². The molecule has 3 heterocycles. The SMILES string of the molecule is Cc1cccc(Cn2cnc3sc4c(c3c2=O)CC[C@@H](NCc2ccccc2)C4)n1. The van der Waals surface area contributed by atoms with Crippen molar-refractivity contribution in [1.82, 2.24) is 19.9 Å². The van der Waals surface area contributed by atoms with Gasteiger partial charge in [0.25, 0.3) is 5.56 Å². The van der Waals surface area contributed by atoms with Gasteiger partial charge in [0, 0.05) is 23.2 Å². The van der Waals surface area contributed by atoms with Gasteiger partial charge in [0.1, 0.15) is 4.83 Å². The van der Waals surface area contributed by atoms with E-state index in [1.807, 2.05) is 31.2 Å². The molecular weight excluding hydrogens is 392 g/mol. The van der Waals surface area contributed by atoms with Gasteiger partial charge in [-0.15, -0.1) is 11.3 Å². The zero-order valence-corrected chi connectivity index (χ0v) is 17.8. The third-order valence-electron chi connectivity index (χ3n) is 5.75. The number of nitrogens with one attached hydrogen (secondary N) is 1. The van der Waals surface area contributed by atoms with Crippen molar-refractivity contribution < 1.29 is 0 Å². The molecule has 1 N–H and O–H groups in total. The largest absolute Gasteiger partial charge is 0.310 e. The first-order valence-electron chi connectivity index (χ1n) is 10.4. The predicted octanol–water partition coefficient (Wildman–Crippen LogP) is 3.86. The number of thiophene rings is 1. The van der Waals surface area contributed by atoms with E-state index in [9.17, 15) is 4.79 Å². The Morgan fingerprint density at radius 2 is 2.03 bits per heavy atom. The van der Waals surface area contributed by atoms with Crippen molar-refractivity contribution in [2.45, 2.75) is 45.3 Å². The van der Waals surface area contributed by atoms with E-state index in [0.717, 1.165) is 47.4 Å². The van der Waals surface area contributed by atoms with Crippen LogP contribution in [0.4, 0.5) is 0 Å². The molecule has 0 unspecified atom stereocenters. The van der Waals surface area contributed by atoms with Gasteiger partial charge in [0.05, 0.1) is 24.0 Å². The van der Waals surface area contributed by atoms with Gasteiger partial charge in [-0.1, -0.05) is 36.4 Å². The molecule has 1 aliphatic carbocycles. The molecule has 0 spiro atoms. The van der Waals surface area contributed by atoms with Crippen LogP contribution >= 0.6 is 11.3 Å². The summed E-state index contributed by atoms with van der Waals surface area (Å²) in [5, 5.41) is 4.49. The maximum atomic E-state index is 13.2. The zero-order chi connectivity index (χ0) is 20.5. The van der Waals surface area contributed by atoms with Gasteiger partial charge in [0.15, 0.2) is 0 Å². The Kier molecular flexibility index (Phi) is 5.19. The minimum Gasteiger partial charge on any atom is -0.310 e. The second-order valence-corrected chi connectivity index (χ2v) is 9.02. The van der Waals surface area contributed by atoms with Crippen molar-refractivity contribution in [1.29, 1.82) is 0 Å². The van der Waals surface area contributed by atoms with Crippen molar-refractivity contribution >= 4 is 21.6 Å². The van der Waals surface area contributed by atoms with E-state index in [0.29, 0.717) is 12.6 Å². The van der Waals surface area contributed by atoms with Crippen LogP contribution in [0, 0.1) is 6.92 Å². The highest BCUT2D eigenvalue weighted by Gasteiger charge is 2.25. The second kappa shape index (κ2) is 8.13. The lowest BCUT2D eigenvalue weighted by Crippen LogP contribution is -2.33. The number of hydrogen-bond acceptors (Lipinski definition) is 5. The average molecular weight is 417 g/mol. The van der Waals surface area contributed by atoms with Gasteiger partial charge in [-0.05, 0) is 49.4 Å². The Balaban J connectivity index is 1.38. The third kappa shape index (κ3) is 3.80. The van der Waals surface area contributed by atoms with Crippen LogP contribution in [0.2, 0.25) is 0 Å². The zero-order valence-electron chi connectivity index (χ0n) is 17.0. The highest BCUT2D eigenvalue weighted by molar-refractivity contribution is 7.18.